The number of alkyl halides is 3. The first kappa shape index (κ1) is 28.9. The number of thiophene rings is 1. The number of carbonyl (C=O) groups excluding carboxylic acids is 2. The van der Waals surface area contributed by atoms with Crippen molar-refractivity contribution in [2.45, 2.75) is 40.0 Å². The van der Waals surface area contributed by atoms with Gasteiger partial charge in [0.1, 0.15) is 0 Å². The lowest BCUT2D eigenvalue weighted by Crippen LogP contribution is -2.18. The number of benzene rings is 3. The van der Waals surface area contributed by atoms with Gasteiger partial charge in [0, 0.05) is 26.6 Å². The third-order valence-electron chi connectivity index (χ3n) is 6.20. The highest BCUT2D eigenvalue weighted by molar-refractivity contribution is 7.26. The van der Waals surface area contributed by atoms with E-state index in [0.29, 0.717) is 24.0 Å². The quantitative estimate of drug-likeness (QED) is 0.0877. The second kappa shape index (κ2) is 11.6. The van der Waals surface area contributed by atoms with Gasteiger partial charge in [-0.15, -0.1) is 24.5 Å². The van der Waals surface area contributed by atoms with Crippen molar-refractivity contribution < 1.29 is 37.0 Å². The van der Waals surface area contributed by atoms with Crippen molar-refractivity contribution in [1.29, 1.82) is 0 Å². The van der Waals surface area contributed by atoms with Crippen molar-refractivity contribution >= 4 is 43.4 Å². The van der Waals surface area contributed by atoms with Crippen molar-refractivity contribution in [2.24, 2.45) is 0 Å². The lowest BCUT2D eigenvalue weighted by atomic mass is 9.97. The van der Waals surface area contributed by atoms with Crippen molar-refractivity contribution in [3.8, 4) is 22.6 Å². The summed E-state index contributed by atoms with van der Waals surface area (Å²) in [6, 6.07) is 14.7. The molecule has 0 N–H and O–H groups in total. The molecule has 4 aromatic rings. The first-order valence-electron chi connectivity index (χ1n) is 12.4. The number of hydrogen-bond acceptors (Lipinski definition) is 6. The maximum absolute atomic E-state index is 13.4. The third kappa shape index (κ3) is 6.37. The lowest BCUT2D eigenvalue weighted by Gasteiger charge is -2.14. The Morgan fingerprint density at radius 3 is 2.12 bits per heavy atom. The molecular weight excluding hydrogens is 541 g/mol. The van der Waals surface area contributed by atoms with Gasteiger partial charge in [0.25, 0.3) is 0 Å². The minimum atomic E-state index is -4.98. The van der Waals surface area contributed by atoms with Crippen molar-refractivity contribution in [2.75, 3.05) is 6.61 Å². The normalized spacial score (nSPS) is 11.4. The Morgan fingerprint density at radius 2 is 1.50 bits per heavy atom. The van der Waals surface area contributed by atoms with Gasteiger partial charge in [-0.2, -0.15) is 0 Å². The Bertz CT molecular complexity index is 1630. The Balaban J connectivity index is 1.66. The number of hydrogen-bond donors (Lipinski definition) is 0. The summed E-state index contributed by atoms with van der Waals surface area (Å²) in [5.41, 5.74) is 4.29. The van der Waals surface area contributed by atoms with Gasteiger partial charge in [0.05, 0.1) is 11.3 Å². The van der Waals surface area contributed by atoms with E-state index in [0.717, 1.165) is 50.1 Å². The zero-order chi connectivity index (χ0) is 29.2. The van der Waals surface area contributed by atoms with Gasteiger partial charge < -0.3 is 14.2 Å². The Hall–Kier alpha value is -4.11. The standard InChI is InChI=1S/C31H27F3O5S/c1-17(2)29(35)37-16-6-7-20-8-10-21(11-9-20)22-12-13-23-24-14-15-25(38-30(36)18(3)4)26(39-31(32,33)34)28(24)40-27(23)19(22)5/h8-15H,1,3,6-7,16H2,2,4-5H3. The van der Waals surface area contributed by atoms with E-state index in [1.165, 1.54) is 13.0 Å². The molecule has 0 aliphatic carbocycles. The number of rotatable bonds is 9. The number of esters is 2. The second-order valence-corrected chi connectivity index (χ2v) is 10.4. The van der Waals surface area contributed by atoms with E-state index in [9.17, 15) is 22.8 Å². The van der Waals surface area contributed by atoms with Crippen LogP contribution >= 0.6 is 11.3 Å². The first-order chi connectivity index (χ1) is 18.9. The van der Waals surface area contributed by atoms with E-state index in [-0.39, 0.29) is 16.0 Å². The summed E-state index contributed by atoms with van der Waals surface area (Å²) >= 11 is 1.15. The van der Waals surface area contributed by atoms with Gasteiger partial charge in [-0.3, -0.25) is 0 Å². The highest BCUT2D eigenvalue weighted by atomic mass is 32.1. The van der Waals surface area contributed by atoms with Gasteiger partial charge in [0.15, 0.2) is 11.5 Å². The van der Waals surface area contributed by atoms with Crippen LogP contribution in [0.5, 0.6) is 11.5 Å². The van der Waals surface area contributed by atoms with E-state index in [1.54, 1.807) is 13.0 Å². The summed E-state index contributed by atoms with van der Waals surface area (Å²) < 4.78 is 55.8. The Labute approximate surface area is 233 Å². The topological polar surface area (TPSA) is 61.8 Å². The van der Waals surface area contributed by atoms with Crippen LogP contribution in [0.25, 0.3) is 31.3 Å². The molecule has 0 amide bonds. The Kier molecular flexibility index (Phi) is 8.34. The van der Waals surface area contributed by atoms with Crippen LogP contribution in [0, 0.1) is 6.92 Å². The molecule has 3 aromatic carbocycles. The minimum Gasteiger partial charge on any atom is -0.462 e. The van der Waals surface area contributed by atoms with Crippen LogP contribution in [-0.4, -0.2) is 24.9 Å². The average molecular weight is 569 g/mol. The number of fused-ring (bicyclic) bond motifs is 3. The third-order valence-corrected chi connectivity index (χ3v) is 7.54. The number of halogens is 3. The molecule has 9 heteroatoms. The molecule has 5 nitrogen and oxygen atoms in total. The highest BCUT2D eigenvalue weighted by Gasteiger charge is 2.34. The maximum Gasteiger partial charge on any atom is 0.573 e. The molecule has 1 heterocycles. The van der Waals surface area contributed by atoms with Crippen LogP contribution in [0.1, 0.15) is 31.4 Å². The van der Waals surface area contributed by atoms with Gasteiger partial charge in [-0.25, -0.2) is 9.59 Å². The van der Waals surface area contributed by atoms with Crippen LogP contribution in [-0.2, 0) is 20.7 Å². The zero-order valence-electron chi connectivity index (χ0n) is 22.2. The molecule has 40 heavy (non-hydrogen) atoms. The van der Waals surface area contributed by atoms with E-state index in [1.807, 2.05) is 43.3 Å². The van der Waals surface area contributed by atoms with Crippen molar-refractivity contribution in [3.05, 3.63) is 84.0 Å². The predicted molar refractivity (Wildman–Crippen MR) is 151 cm³/mol. The molecule has 208 valence electrons. The smallest absolute Gasteiger partial charge is 0.462 e. The molecule has 0 aliphatic rings. The van der Waals surface area contributed by atoms with Crippen molar-refractivity contribution in [3.63, 3.8) is 0 Å². The SMILES string of the molecule is C=C(C)C(=O)OCCCc1ccc(-c2ccc3c(sc4c(OC(F)(F)F)c(OC(=O)C(=C)C)ccc43)c2C)cc1. The number of ether oxygens (including phenoxy) is 3. The molecule has 0 saturated heterocycles. The number of carbonyl (C=O) groups is 2. The predicted octanol–water partition coefficient (Wildman–Crippen LogP) is 8.46. The molecule has 0 fully saturated rings. The zero-order valence-corrected chi connectivity index (χ0v) is 23.1. The molecule has 0 spiro atoms. The van der Waals surface area contributed by atoms with E-state index >= 15 is 0 Å². The van der Waals surface area contributed by atoms with Crippen molar-refractivity contribution in [1.82, 2.24) is 0 Å². The minimum absolute atomic E-state index is 0.0483. The molecule has 0 radical (unpaired) electrons. The molecule has 0 bridgehead atoms. The molecule has 4 rings (SSSR count). The summed E-state index contributed by atoms with van der Waals surface area (Å²) in [7, 11) is 0. The summed E-state index contributed by atoms with van der Waals surface area (Å²) in [5, 5.41) is 1.33. The van der Waals surface area contributed by atoms with Crippen LogP contribution < -0.4 is 9.47 Å². The summed E-state index contributed by atoms with van der Waals surface area (Å²) in [4.78, 5) is 23.6. The number of aryl methyl sites for hydroxylation is 2. The molecule has 0 aliphatic heterocycles. The second-order valence-electron chi connectivity index (χ2n) is 9.42. The monoisotopic (exact) mass is 568 g/mol. The van der Waals surface area contributed by atoms with Gasteiger partial charge >= 0.3 is 18.3 Å². The fraction of sp³-hybridized carbons (Fsp3) is 0.226. The van der Waals surface area contributed by atoms with E-state index < -0.39 is 24.1 Å². The van der Waals surface area contributed by atoms with Gasteiger partial charge in [-0.1, -0.05) is 49.6 Å². The van der Waals surface area contributed by atoms with Gasteiger partial charge in [-0.05, 0) is 68.0 Å². The fourth-order valence-corrected chi connectivity index (χ4v) is 5.48. The Morgan fingerprint density at radius 1 is 0.875 bits per heavy atom. The molecule has 0 saturated carbocycles. The molecule has 1 aromatic heterocycles. The lowest BCUT2D eigenvalue weighted by molar-refractivity contribution is -0.274. The molecular formula is C31H27F3O5S. The van der Waals surface area contributed by atoms with E-state index in [2.05, 4.69) is 17.9 Å². The van der Waals surface area contributed by atoms with Crippen LogP contribution in [0.2, 0.25) is 0 Å². The van der Waals surface area contributed by atoms with E-state index in [4.69, 9.17) is 9.47 Å². The largest absolute Gasteiger partial charge is 0.573 e. The van der Waals surface area contributed by atoms with Crippen LogP contribution in [0.3, 0.4) is 0 Å². The average Bonchev–Trinajstić information content (AvgIpc) is 3.27. The van der Waals surface area contributed by atoms with Crippen LogP contribution in [0.15, 0.2) is 72.8 Å². The summed E-state index contributed by atoms with van der Waals surface area (Å²) in [6.45, 7) is 12.3. The summed E-state index contributed by atoms with van der Waals surface area (Å²) in [6.07, 6.45) is -3.57. The maximum atomic E-state index is 13.4. The van der Waals surface area contributed by atoms with Gasteiger partial charge in [0.2, 0.25) is 0 Å². The summed E-state index contributed by atoms with van der Waals surface area (Å²) in [5.74, 6) is -2.13. The highest BCUT2D eigenvalue weighted by Crippen LogP contribution is 2.48. The molecule has 0 atom stereocenters. The first-order valence-corrected chi connectivity index (χ1v) is 13.2. The fourth-order valence-electron chi connectivity index (χ4n) is 4.20. The van der Waals surface area contributed by atoms with Crippen LogP contribution in [0.4, 0.5) is 13.2 Å². The molecule has 0 unspecified atom stereocenters.